The van der Waals surface area contributed by atoms with Crippen LogP contribution in [0.1, 0.15) is 40.0 Å². The Morgan fingerprint density at radius 3 is 2.21 bits per heavy atom. The molecule has 0 unspecified atom stereocenters. The number of rotatable bonds is 5. The molecule has 0 heterocycles. The molecule has 0 radical (unpaired) electrons. The van der Waals surface area contributed by atoms with E-state index in [1.54, 1.807) is 18.2 Å². The largest absolute Gasteiger partial charge is 0.216 e. The molecule has 0 bridgehead atoms. The van der Waals surface area contributed by atoms with Crippen LogP contribution < -0.4 is 0 Å². The molecule has 1 rings (SSSR count). The van der Waals surface area contributed by atoms with E-state index in [1.807, 2.05) is 6.92 Å². The van der Waals surface area contributed by atoms with Gasteiger partial charge in [0.2, 0.25) is 10.0 Å². The Morgan fingerprint density at radius 2 is 1.93 bits per heavy atom. The van der Waals surface area contributed by atoms with Gasteiger partial charge in [-0.1, -0.05) is 13.3 Å². The molecule has 0 aliphatic heterocycles. The van der Waals surface area contributed by atoms with Crippen molar-refractivity contribution < 1.29 is 8.42 Å². The first kappa shape index (κ1) is 12.0. The van der Waals surface area contributed by atoms with Crippen LogP contribution in [0.2, 0.25) is 0 Å². The quantitative estimate of drug-likeness (QED) is 0.707. The zero-order chi connectivity index (χ0) is 10.8. The highest BCUT2D eigenvalue weighted by Gasteiger charge is 2.28. The molecule has 84 valence electrons. The highest BCUT2D eigenvalue weighted by Crippen LogP contribution is 2.28. The van der Waals surface area contributed by atoms with Gasteiger partial charge in [-0.3, -0.25) is 0 Å². The highest BCUT2D eigenvalue weighted by atomic mass is 32.2. The maximum Gasteiger partial charge on any atom is 0.216 e. The lowest BCUT2D eigenvalue weighted by Crippen LogP contribution is -2.40. The van der Waals surface area contributed by atoms with Crippen LogP contribution in [-0.4, -0.2) is 31.1 Å². The maximum atomic E-state index is 11.9. The molecule has 0 atom stereocenters. The van der Waals surface area contributed by atoms with Crippen molar-refractivity contribution in [1.82, 2.24) is 4.31 Å². The Hall–Kier alpha value is -0.0900. The third-order valence-electron chi connectivity index (χ3n) is 2.99. The van der Waals surface area contributed by atoms with E-state index in [1.165, 1.54) is 19.3 Å². The first-order chi connectivity index (χ1) is 6.48. The molecule has 0 N–H and O–H groups in total. The van der Waals surface area contributed by atoms with Crippen molar-refractivity contribution in [3.63, 3.8) is 0 Å². The summed E-state index contributed by atoms with van der Waals surface area (Å²) >= 11 is 0. The van der Waals surface area contributed by atoms with Crippen LogP contribution in [0.25, 0.3) is 0 Å². The minimum Gasteiger partial charge on any atom is -0.212 e. The van der Waals surface area contributed by atoms with Crippen molar-refractivity contribution in [3.8, 4) is 0 Å². The number of hydrogen-bond acceptors (Lipinski definition) is 2. The number of hydrogen-bond donors (Lipinski definition) is 0. The van der Waals surface area contributed by atoms with E-state index in [-0.39, 0.29) is 5.25 Å². The lowest BCUT2D eigenvalue weighted by molar-refractivity contribution is 0.249. The van der Waals surface area contributed by atoms with Gasteiger partial charge in [-0.15, -0.1) is 0 Å². The van der Waals surface area contributed by atoms with Crippen LogP contribution in [0.5, 0.6) is 0 Å². The van der Waals surface area contributed by atoms with Crippen LogP contribution in [0.15, 0.2) is 0 Å². The van der Waals surface area contributed by atoms with E-state index in [2.05, 4.69) is 0 Å². The van der Waals surface area contributed by atoms with Gasteiger partial charge in [-0.05, 0) is 32.6 Å². The summed E-state index contributed by atoms with van der Waals surface area (Å²) in [4.78, 5) is 0. The summed E-state index contributed by atoms with van der Waals surface area (Å²) in [6.45, 7) is 6.75. The van der Waals surface area contributed by atoms with Crippen molar-refractivity contribution in [2.45, 2.75) is 45.3 Å². The Balaban J connectivity index is 2.60. The second-order valence-electron chi connectivity index (χ2n) is 4.34. The molecule has 3 nitrogen and oxygen atoms in total. The first-order valence-corrected chi connectivity index (χ1v) is 6.97. The predicted octanol–water partition coefficient (Wildman–Crippen LogP) is 1.85. The number of nitrogens with zero attached hydrogens (tertiary/aromatic N) is 1. The second-order valence-corrected chi connectivity index (χ2v) is 6.83. The van der Waals surface area contributed by atoms with Crippen molar-refractivity contribution >= 4 is 10.0 Å². The fourth-order valence-electron chi connectivity index (χ4n) is 1.67. The lowest BCUT2D eigenvalue weighted by Gasteiger charge is -2.32. The molecule has 0 aromatic carbocycles. The van der Waals surface area contributed by atoms with E-state index < -0.39 is 10.0 Å². The summed E-state index contributed by atoms with van der Waals surface area (Å²) in [5, 5.41) is -0.289. The van der Waals surface area contributed by atoms with Gasteiger partial charge in [0.15, 0.2) is 0 Å². The molecule has 1 aliphatic carbocycles. The topological polar surface area (TPSA) is 37.4 Å². The fourth-order valence-corrected chi connectivity index (χ4v) is 3.05. The molecule has 0 saturated heterocycles. The summed E-state index contributed by atoms with van der Waals surface area (Å²) in [5.74, 6) is 0.614. The van der Waals surface area contributed by atoms with Crippen molar-refractivity contribution in [2.75, 3.05) is 13.1 Å². The van der Waals surface area contributed by atoms with Gasteiger partial charge >= 0.3 is 0 Å². The van der Waals surface area contributed by atoms with Gasteiger partial charge in [0, 0.05) is 13.1 Å². The molecule has 1 aliphatic rings. The van der Waals surface area contributed by atoms with Gasteiger partial charge in [-0.2, -0.15) is 0 Å². The predicted molar refractivity (Wildman–Crippen MR) is 58.6 cm³/mol. The smallest absolute Gasteiger partial charge is 0.212 e. The summed E-state index contributed by atoms with van der Waals surface area (Å²) < 4.78 is 25.4. The summed E-state index contributed by atoms with van der Waals surface area (Å²) in [6.07, 6.45) is 3.66. The standard InChI is InChI=1S/C10H21NO2S/c1-4-11(8-10-6-5-7-10)14(12,13)9(2)3/h9-10H,4-8H2,1-3H3. The zero-order valence-corrected chi connectivity index (χ0v) is 10.2. The van der Waals surface area contributed by atoms with E-state index in [4.69, 9.17) is 0 Å². The molecular formula is C10H21NO2S. The van der Waals surface area contributed by atoms with Crippen molar-refractivity contribution in [2.24, 2.45) is 5.92 Å². The molecule has 1 saturated carbocycles. The Bertz CT molecular complexity index is 268. The van der Waals surface area contributed by atoms with E-state index in [0.717, 1.165) is 6.54 Å². The minimum absolute atomic E-state index is 0.289. The highest BCUT2D eigenvalue weighted by molar-refractivity contribution is 7.89. The lowest BCUT2D eigenvalue weighted by atomic mass is 9.85. The fraction of sp³-hybridized carbons (Fsp3) is 1.00. The molecule has 14 heavy (non-hydrogen) atoms. The number of sulfonamides is 1. The van der Waals surface area contributed by atoms with E-state index in [0.29, 0.717) is 12.5 Å². The molecule has 1 fully saturated rings. The summed E-state index contributed by atoms with van der Waals surface area (Å²) in [5.41, 5.74) is 0. The summed E-state index contributed by atoms with van der Waals surface area (Å²) in [6, 6.07) is 0. The van der Waals surface area contributed by atoms with E-state index in [9.17, 15) is 8.42 Å². The normalized spacial score (nSPS) is 18.9. The average Bonchev–Trinajstić information content (AvgIpc) is 2.01. The van der Waals surface area contributed by atoms with Crippen molar-refractivity contribution in [3.05, 3.63) is 0 Å². The van der Waals surface area contributed by atoms with Gasteiger partial charge in [0.1, 0.15) is 0 Å². The Morgan fingerprint density at radius 1 is 1.36 bits per heavy atom. The van der Waals surface area contributed by atoms with Crippen LogP contribution in [0.4, 0.5) is 0 Å². The Labute approximate surface area is 87.5 Å². The second kappa shape index (κ2) is 4.62. The Kier molecular flexibility index (Phi) is 3.95. The van der Waals surface area contributed by atoms with Crippen LogP contribution in [0, 0.1) is 5.92 Å². The molecule has 0 amide bonds. The van der Waals surface area contributed by atoms with Crippen LogP contribution in [0.3, 0.4) is 0 Å². The average molecular weight is 219 g/mol. The molecule has 0 aromatic rings. The molecule has 0 aromatic heterocycles. The van der Waals surface area contributed by atoms with E-state index >= 15 is 0 Å². The molecule has 4 heteroatoms. The first-order valence-electron chi connectivity index (χ1n) is 5.47. The van der Waals surface area contributed by atoms with Gasteiger partial charge in [0.25, 0.3) is 0 Å². The SMILES string of the molecule is CCN(CC1CCC1)S(=O)(=O)C(C)C. The van der Waals surface area contributed by atoms with Gasteiger partial charge < -0.3 is 0 Å². The third-order valence-corrected chi connectivity index (χ3v) is 5.31. The zero-order valence-electron chi connectivity index (χ0n) is 9.36. The maximum absolute atomic E-state index is 11.9. The van der Waals surface area contributed by atoms with Crippen LogP contribution in [-0.2, 0) is 10.0 Å². The molecular weight excluding hydrogens is 198 g/mol. The third kappa shape index (κ3) is 2.48. The summed E-state index contributed by atoms with van der Waals surface area (Å²) in [7, 11) is -3.03. The monoisotopic (exact) mass is 219 g/mol. The van der Waals surface area contributed by atoms with Gasteiger partial charge in [0.05, 0.1) is 5.25 Å². The van der Waals surface area contributed by atoms with Crippen LogP contribution >= 0.6 is 0 Å². The van der Waals surface area contributed by atoms with Gasteiger partial charge in [-0.25, -0.2) is 12.7 Å². The molecule has 0 spiro atoms. The minimum atomic E-state index is -3.03. The van der Waals surface area contributed by atoms with Crippen molar-refractivity contribution in [1.29, 1.82) is 0 Å².